The van der Waals surface area contributed by atoms with Gasteiger partial charge in [0, 0.05) is 25.2 Å². The van der Waals surface area contributed by atoms with Crippen molar-refractivity contribution < 1.29 is 29.5 Å². The number of carbonyl (C=O) groups excluding carboxylic acids is 3. The first-order valence-electron chi connectivity index (χ1n) is 12.9. The van der Waals surface area contributed by atoms with Crippen molar-refractivity contribution in [3.05, 3.63) is 96.1 Å². The highest BCUT2D eigenvalue weighted by Gasteiger charge is 2.34. The van der Waals surface area contributed by atoms with Crippen LogP contribution in [-0.2, 0) is 22.4 Å². The molecule has 0 spiro atoms. The summed E-state index contributed by atoms with van der Waals surface area (Å²) in [7, 11) is -1.94. The van der Waals surface area contributed by atoms with Crippen LogP contribution in [0.1, 0.15) is 41.9 Å². The van der Waals surface area contributed by atoms with Gasteiger partial charge in [-0.1, -0.05) is 60.7 Å². The van der Waals surface area contributed by atoms with E-state index in [-0.39, 0.29) is 25.0 Å². The van der Waals surface area contributed by atoms with Gasteiger partial charge in [0.1, 0.15) is 17.8 Å². The second-order valence-corrected chi connectivity index (χ2v) is 10.1. The van der Waals surface area contributed by atoms with Gasteiger partial charge >= 0.3 is 7.12 Å². The second kappa shape index (κ2) is 14.3. The molecule has 3 rings (SSSR count). The number of nitrogens with one attached hydrogen (secondary N) is 3. The van der Waals surface area contributed by atoms with Crippen molar-refractivity contribution >= 4 is 24.8 Å². The number of aromatic nitrogens is 2. The average molecular weight is 547 g/mol. The van der Waals surface area contributed by atoms with E-state index in [0.717, 1.165) is 11.1 Å². The molecule has 3 aromatic rings. The number of benzene rings is 2. The minimum Gasteiger partial charge on any atom is -0.426 e. The van der Waals surface area contributed by atoms with Crippen molar-refractivity contribution in [2.24, 2.45) is 0 Å². The SMILES string of the molecule is CC(C)(O)C[C@H](NC(=O)C(Cc1ccccc1)NC(=O)[C@@H](Cc1ccccc1)NC(=O)c1cnccn1)B(O)O. The first-order chi connectivity index (χ1) is 19.0. The summed E-state index contributed by atoms with van der Waals surface area (Å²) in [6, 6.07) is 15.8. The molecule has 40 heavy (non-hydrogen) atoms. The number of aliphatic hydroxyl groups is 1. The zero-order valence-corrected chi connectivity index (χ0v) is 22.4. The van der Waals surface area contributed by atoms with Gasteiger partial charge in [-0.3, -0.25) is 19.4 Å². The van der Waals surface area contributed by atoms with Crippen LogP contribution in [0.2, 0.25) is 0 Å². The standard InChI is InChI=1S/C28H34BN5O6/c1-28(2,38)17-24(29(39)40)34-26(36)22(16-20-11-7-4-8-12-20)32-25(35)21(15-19-9-5-3-6-10-19)33-27(37)23-18-30-13-14-31-23/h3-14,18,21-22,24,38-40H,15-17H2,1-2H3,(H,32,35)(H,33,37)(H,34,36)/t21-,22?,24+/m1/s1. The maximum absolute atomic E-state index is 13.6. The van der Waals surface area contributed by atoms with E-state index in [1.807, 2.05) is 36.4 Å². The van der Waals surface area contributed by atoms with Crippen molar-refractivity contribution in [3.63, 3.8) is 0 Å². The number of hydrogen-bond donors (Lipinski definition) is 6. The third-order valence-corrected chi connectivity index (χ3v) is 6.02. The summed E-state index contributed by atoms with van der Waals surface area (Å²) < 4.78 is 0. The lowest BCUT2D eigenvalue weighted by atomic mass is 9.74. The molecule has 0 bridgehead atoms. The van der Waals surface area contributed by atoms with Crippen LogP contribution in [0.5, 0.6) is 0 Å². The molecule has 0 aliphatic heterocycles. The van der Waals surface area contributed by atoms with E-state index in [0.29, 0.717) is 0 Å². The Morgan fingerprint density at radius 2 is 1.35 bits per heavy atom. The van der Waals surface area contributed by atoms with E-state index in [4.69, 9.17) is 0 Å². The fraction of sp³-hybridized carbons (Fsp3) is 0.321. The molecule has 210 valence electrons. The van der Waals surface area contributed by atoms with Crippen LogP contribution in [0.15, 0.2) is 79.3 Å². The van der Waals surface area contributed by atoms with Crippen LogP contribution in [0.4, 0.5) is 0 Å². The van der Waals surface area contributed by atoms with Crippen LogP contribution in [-0.4, -0.2) is 73.6 Å². The zero-order valence-electron chi connectivity index (χ0n) is 22.4. The Balaban J connectivity index is 1.85. The topological polar surface area (TPSA) is 174 Å². The molecular formula is C28H34BN5O6. The highest BCUT2D eigenvalue weighted by atomic mass is 16.4. The molecule has 2 aromatic carbocycles. The summed E-state index contributed by atoms with van der Waals surface area (Å²) in [4.78, 5) is 47.7. The minimum atomic E-state index is -1.94. The highest BCUT2D eigenvalue weighted by molar-refractivity contribution is 6.43. The summed E-state index contributed by atoms with van der Waals surface area (Å²) >= 11 is 0. The quantitative estimate of drug-likeness (QED) is 0.165. The molecule has 1 heterocycles. The zero-order chi connectivity index (χ0) is 29.1. The summed E-state index contributed by atoms with van der Waals surface area (Å²) in [5.41, 5.74) is 0.249. The van der Waals surface area contributed by atoms with E-state index >= 15 is 0 Å². The average Bonchev–Trinajstić information content (AvgIpc) is 2.92. The monoisotopic (exact) mass is 547 g/mol. The van der Waals surface area contributed by atoms with Crippen molar-refractivity contribution in [1.82, 2.24) is 25.9 Å². The van der Waals surface area contributed by atoms with Crippen molar-refractivity contribution in [2.75, 3.05) is 0 Å². The summed E-state index contributed by atoms with van der Waals surface area (Å²) in [5.74, 6) is -3.11. The highest BCUT2D eigenvalue weighted by Crippen LogP contribution is 2.13. The van der Waals surface area contributed by atoms with E-state index in [9.17, 15) is 29.5 Å². The molecule has 6 N–H and O–H groups in total. The van der Waals surface area contributed by atoms with Gasteiger partial charge in [-0.05, 0) is 31.4 Å². The Morgan fingerprint density at radius 3 is 1.82 bits per heavy atom. The third kappa shape index (κ3) is 9.88. The number of amides is 3. The summed E-state index contributed by atoms with van der Waals surface area (Å²) in [6.45, 7) is 2.96. The smallest absolute Gasteiger partial charge is 0.426 e. The fourth-order valence-electron chi connectivity index (χ4n) is 4.09. The van der Waals surface area contributed by atoms with Gasteiger partial charge < -0.3 is 31.1 Å². The van der Waals surface area contributed by atoms with Gasteiger partial charge in [0.25, 0.3) is 5.91 Å². The van der Waals surface area contributed by atoms with Crippen LogP contribution in [0.3, 0.4) is 0 Å². The molecular weight excluding hydrogens is 513 g/mol. The van der Waals surface area contributed by atoms with E-state index in [2.05, 4.69) is 25.9 Å². The largest absolute Gasteiger partial charge is 0.475 e. The van der Waals surface area contributed by atoms with E-state index in [1.165, 1.54) is 32.4 Å². The molecule has 11 nitrogen and oxygen atoms in total. The summed E-state index contributed by atoms with van der Waals surface area (Å²) in [6.07, 6.45) is 4.14. The predicted octanol–water partition coefficient (Wildman–Crippen LogP) is 0.203. The molecule has 0 saturated carbocycles. The lowest BCUT2D eigenvalue weighted by Gasteiger charge is -2.28. The second-order valence-electron chi connectivity index (χ2n) is 10.1. The third-order valence-electron chi connectivity index (χ3n) is 6.02. The van der Waals surface area contributed by atoms with Gasteiger partial charge in [0.05, 0.1) is 17.7 Å². The van der Waals surface area contributed by atoms with Crippen LogP contribution in [0.25, 0.3) is 0 Å². The molecule has 3 atom stereocenters. The molecule has 0 radical (unpaired) electrons. The molecule has 0 saturated heterocycles. The maximum Gasteiger partial charge on any atom is 0.475 e. The molecule has 1 aromatic heterocycles. The molecule has 0 aliphatic rings. The molecule has 0 aliphatic carbocycles. The Kier molecular flexibility index (Phi) is 10.9. The lowest BCUT2D eigenvalue weighted by Crippen LogP contribution is -2.58. The lowest BCUT2D eigenvalue weighted by molar-refractivity contribution is -0.130. The maximum atomic E-state index is 13.6. The number of hydrogen-bond acceptors (Lipinski definition) is 8. The van der Waals surface area contributed by atoms with Crippen molar-refractivity contribution in [2.45, 2.75) is 56.7 Å². The predicted molar refractivity (Wildman–Crippen MR) is 149 cm³/mol. The number of carbonyl (C=O) groups is 3. The van der Waals surface area contributed by atoms with E-state index < -0.39 is 48.5 Å². The molecule has 3 amide bonds. The number of rotatable bonds is 13. The normalized spacial score (nSPS) is 13.4. The fourth-order valence-corrected chi connectivity index (χ4v) is 4.09. The van der Waals surface area contributed by atoms with Crippen LogP contribution < -0.4 is 16.0 Å². The first kappa shape index (κ1) is 30.4. The summed E-state index contributed by atoms with van der Waals surface area (Å²) in [5, 5.41) is 37.7. The minimum absolute atomic E-state index is 0.0262. The number of nitrogens with zero attached hydrogens (tertiary/aromatic N) is 2. The van der Waals surface area contributed by atoms with Crippen LogP contribution >= 0.6 is 0 Å². The Labute approximate surface area is 233 Å². The van der Waals surface area contributed by atoms with Gasteiger partial charge in [0.15, 0.2) is 0 Å². The van der Waals surface area contributed by atoms with Crippen molar-refractivity contribution in [1.29, 1.82) is 0 Å². The molecule has 12 heteroatoms. The Bertz CT molecular complexity index is 1240. The van der Waals surface area contributed by atoms with Crippen molar-refractivity contribution in [3.8, 4) is 0 Å². The molecule has 0 fully saturated rings. The Hall–Kier alpha value is -4.13. The Morgan fingerprint density at radius 1 is 0.825 bits per heavy atom. The molecule has 1 unspecified atom stereocenters. The van der Waals surface area contributed by atoms with E-state index in [1.54, 1.807) is 24.3 Å². The van der Waals surface area contributed by atoms with Gasteiger partial charge in [-0.25, -0.2) is 4.98 Å². The van der Waals surface area contributed by atoms with Gasteiger partial charge in [-0.2, -0.15) is 0 Å². The first-order valence-corrected chi connectivity index (χ1v) is 12.9. The van der Waals surface area contributed by atoms with Gasteiger partial charge in [0.2, 0.25) is 11.8 Å². The van der Waals surface area contributed by atoms with Crippen LogP contribution in [0, 0.1) is 0 Å². The van der Waals surface area contributed by atoms with Gasteiger partial charge in [-0.15, -0.1) is 0 Å².